The van der Waals surface area contributed by atoms with Gasteiger partial charge in [-0.05, 0) is 61.4 Å². The van der Waals surface area contributed by atoms with Crippen LogP contribution in [-0.2, 0) is 19.4 Å². The number of aryl methyl sites for hydroxylation is 2. The van der Waals surface area contributed by atoms with Gasteiger partial charge < -0.3 is 10.4 Å². The molecule has 0 saturated heterocycles. The van der Waals surface area contributed by atoms with E-state index in [0.29, 0.717) is 5.56 Å². The van der Waals surface area contributed by atoms with Crippen LogP contribution in [0, 0.1) is 12.3 Å². The number of benzene rings is 1. The molecule has 1 aliphatic carbocycles. The monoisotopic (exact) mass is 343 g/mol. The molecule has 1 aliphatic rings. The first-order valence-electron chi connectivity index (χ1n) is 8.44. The number of hydrogen-bond acceptors (Lipinski definition) is 3. The van der Waals surface area contributed by atoms with Crippen LogP contribution in [0.25, 0.3) is 10.4 Å². The van der Waals surface area contributed by atoms with Crippen LogP contribution >= 0.6 is 11.3 Å². The highest BCUT2D eigenvalue weighted by Gasteiger charge is 2.32. The summed E-state index contributed by atoms with van der Waals surface area (Å²) in [5.74, 6) is -0.795. The molecule has 0 bridgehead atoms. The number of nitrogens with one attached hydrogen (secondary N) is 1. The zero-order chi connectivity index (χ0) is 17.5. The Kier molecular flexibility index (Phi) is 4.54. The summed E-state index contributed by atoms with van der Waals surface area (Å²) in [6.07, 6.45) is 2.97. The number of hydrogen-bond donors (Lipinski definition) is 2. The minimum atomic E-state index is -0.795. The molecule has 0 radical (unpaired) electrons. The van der Waals surface area contributed by atoms with Crippen molar-refractivity contribution in [2.75, 3.05) is 7.05 Å². The van der Waals surface area contributed by atoms with E-state index >= 15 is 0 Å². The van der Waals surface area contributed by atoms with Gasteiger partial charge in [-0.25, -0.2) is 4.79 Å². The summed E-state index contributed by atoms with van der Waals surface area (Å²) in [6, 6.07) is 6.38. The molecule has 3 rings (SSSR count). The fraction of sp³-hybridized carbons (Fsp3) is 0.450. The Morgan fingerprint density at radius 1 is 1.33 bits per heavy atom. The lowest BCUT2D eigenvalue weighted by molar-refractivity contribution is 0.0696. The maximum Gasteiger partial charge on any atom is 0.337 e. The Bertz CT molecular complexity index is 789. The largest absolute Gasteiger partial charge is 0.478 e. The zero-order valence-corrected chi connectivity index (χ0v) is 15.6. The Morgan fingerprint density at radius 3 is 2.75 bits per heavy atom. The van der Waals surface area contributed by atoms with Crippen LogP contribution in [0.2, 0.25) is 0 Å². The van der Waals surface area contributed by atoms with Crippen LogP contribution in [0.1, 0.15) is 52.2 Å². The highest BCUT2D eigenvalue weighted by molar-refractivity contribution is 7.16. The van der Waals surface area contributed by atoms with Crippen molar-refractivity contribution in [3.63, 3.8) is 0 Å². The number of carboxylic acid groups (broad SMARTS) is 1. The molecule has 0 atom stereocenters. The quantitative estimate of drug-likeness (QED) is 0.849. The predicted molar refractivity (Wildman–Crippen MR) is 100 cm³/mol. The van der Waals surface area contributed by atoms with Crippen LogP contribution in [-0.4, -0.2) is 18.1 Å². The van der Waals surface area contributed by atoms with Gasteiger partial charge in [0.15, 0.2) is 0 Å². The molecule has 0 spiro atoms. The molecular formula is C20H25NO2S. The van der Waals surface area contributed by atoms with Gasteiger partial charge in [-0.15, -0.1) is 11.3 Å². The summed E-state index contributed by atoms with van der Waals surface area (Å²) in [5, 5.41) is 13.1. The van der Waals surface area contributed by atoms with E-state index in [1.165, 1.54) is 16.0 Å². The van der Waals surface area contributed by atoms with Gasteiger partial charge in [0.1, 0.15) is 0 Å². The number of carboxylic acids is 1. The van der Waals surface area contributed by atoms with E-state index in [1.54, 1.807) is 11.3 Å². The Labute approximate surface area is 147 Å². The average Bonchev–Trinajstić information content (AvgIpc) is 2.84. The molecule has 1 heterocycles. The van der Waals surface area contributed by atoms with Crippen LogP contribution < -0.4 is 5.32 Å². The van der Waals surface area contributed by atoms with Crippen LogP contribution in [0.4, 0.5) is 0 Å². The summed E-state index contributed by atoms with van der Waals surface area (Å²) in [7, 11) is 1.93. The fourth-order valence-corrected chi connectivity index (χ4v) is 4.95. The van der Waals surface area contributed by atoms with E-state index in [0.717, 1.165) is 41.8 Å². The van der Waals surface area contributed by atoms with Crippen molar-refractivity contribution in [1.29, 1.82) is 0 Å². The fourth-order valence-electron chi connectivity index (χ4n) is 3.65. The minimum absolute atomic E-state index is 0.180. The van der Waals surface area contributed by atoms with Gasteiger partial charge in [-0.1, -0.05) is 31.5 Å². The third kappa shape index (κ3) is 3.26. The van der Waals surface area contributed by atoms with Gasteiger partial charge in [0, 0.05) is 16.3 Å². The van der Waals surface area contributed by atoms with Crippen LogP contribution in [0.5, 0.6) is 0 Å². The first kappa shape index (κ1) is 17.2. The molecule has 0 saturated carbocycles. The second kappa shape index (κ2) is 6.34. The second-order valence-electron chi connectivity index (χ2n) is 7.59. The molecule has 128 valence electrons. The maximum absolute atomic E-state index is 12.0. The van der Waals surface area contributed by atoms with Gasteiger partial charge >= 0.3 is 5.97 Å². The zero-order valence-electron chi connectivity index (χ0n) is 14.8. The molecule has 0 fully saturated rings. The van der Waals surface area contributed by atoms with Crippen LogP contribution in [0.15, 0.2) is 18.2 Å². The molecule has 0 amide bonds. The van der Waals surface area contributed by atoms with Crippen molar-refractivity contribution in [1.82, 2.24) is 5.32 Å². The molecule has 2 N–H and O–H groups in total. The number of thiophene rings is 1. The summed E-state index contributed by atoms with van der Waals surface area (Å²) < 4.78 is 0. The smallest absolute Gasteiger partial charge is 0.337 e. The average molecular weight is 343 g/mol. The highest BCUT2D eigenvalue weighted by Crippen LogP contribution is 2.45. The van der Waals surface area contributed by atoms with E-state index in [-0.39, 0.29) is 5.41 Å². The standard InChI is InChI=1S/C20H25NO2S/c1-12-7-13(11-21-4)9-14(8-12)18-17(19(22)23)15-10-20(2,3)6-5-16(15)24-18/h7-9,21H,5-6,10-11H2,1-4H3,(H,22,23). The third-order valence-electron chi connectivity index (χ3n) is 4.77. The number of carbonyl (C=O) groups is 1. The lowest BCUT2D eigenvalue weighted by Gasteiger charge is -2.29. The first-order valence-corrected chi connectivity index (χ1v) is 9.26. The molecule has 1 aromatic carbocycles. The molecule has 4 heteroatoms. The van der Waals surface area contributed by atoms with Gasteiger partial charge in [0.2, 0.25) is 0 Å². The van der Waals surface area contributed by atoms with E-state index in [2.05, 4.69) is 44.3 Å². The van der Waals surface area contributed by atoms with Crippen molar-refractivity contribution in [3.05, 3.63) is 45.3 Å². The number of fused-ring (bicyclic) bond motifs is 1. The minimum Gasteiger partial charge on any atom is -0.478 e. The lowest BCUT2D eigenvalue weighted by atomic mass is 9.76. The molecule has 1 aromatic heterocycles. The van der Waals surface area contributed by atoms with Crippen LogP contribution in [0.3, 0.4) is 0 Å². The first-order chi connectivity index (χ1) is 11.3. The van der Waals surface area contributed by atoms with Gasteiger partial charge in [-0.3, -0.25) is 0 Å². The second-order valence-corrected chi connectivity index (χ2v) is 8.70. The molecule has 3 nitrogen and oxygen atoms in total. The SMILES string of the molecule is CNCc1cc(C)cc(-c2sc3c(c2C(=O)O)CC(C)(C)CC3)c1. The normalized spacial score (nSPS) is 16.0. The number of rotatable bonds is 4. The Hall–Kier alpha value is -1.65. The van der Waals surface area contributed by atoms with Gasteiger partial charge in [0.25, 0.3) is 0 Å². The van der Waals surface area contributed by atoms with E-state index < -0.39 is 5.97 Å². The number of aromatic carboxylic acids is 1. The molecule has 0 aliphatic heterocycles. The molecule has 2 aromatic rings. The van der Waals surface area contributed by atoms with Crippen molar-refractivity contribution >= 4 is 17.3 Å². The molecule has 24 heavy (non-hydrogen) atoms. The molecule has 0 unspecified atom stereocenters. The Morgan fingerprint density at radius 2 is 2.08 bits per heavy atom. The summed E-state index contributed by atoms with van der Waals surface area (Å²) in [4.78, 5) is 14.2. The lowest BCUT2D eigenvalue weighted by Crippen LogP contribution is -2.22. The summed E-state index contributed by atoms with van der Waals surface area (Å²) in [6.45, 7) is 7.32. The van der Waals surface area contributed by atoms with Crippen molar-refractivity contribution in [2.45, 2.75) is 46.6 Å². The Balaban J connectivity index is 2.16. The molecular weight excluding hydrogens is 318 g/mol. The van der Waals surface area contributed by atoms with Crippen molar-refractivity contribution in [2.24, 2.45) is 5.41 Å². The van der Waals surface area contributed by atoms with E-state index in [1.807, 2.05) is 7.05 Å². The van der Waals surface area contributed by atoms with E-state index in [9.17, 15) is 9.90 Å². The summed E-state index contributed by atoms with van der Waals surface area (Å²) in [5.41, 5.74) is 5.17. The van der Waals surface area contributed by atoms with Gasteiger partial charge in [0.05, 0.1) is 5.56 Å². The van der Waals surface area contributed by atoms with Gasteiger partial charge in [-0.2, -0.15) is 0 Å². The van der Waals surface area contributed by atoms with E-state index in [4.69, 9.17) is 0 Å². The topological polar surface area (TPSA) is 49.3 Å². The van der Waals surface area contributed by atoms with Crippen molar-refractivity contribution < 1.29 is 9.90 Å². The third-order valence-corrected chi connectivity index (χ3v) is 6.11. The predicted octanol–water partition coefficient (Wildman–Crippen LogP) is 4.66. The van der Waals surface area contributed by atoms with Crippen molar-refractivity contribution in [3.8, 4) is 10.4 Å². The highest BCUT2D eigenvalue weighted by atomic mass is 32.1. The summed E-state index contributed by atoms with van der Waals surface area (Å²) >= 11 is 1.68. The maximum atomic E-state index is 12.0.